The van der Waals surface area contributed by atoms with E-state index in [0.29, 0.717) is 5.56 Å². The first kappa shape index (κ1) is 9.36. The largest absolute Gasteiger partial charge is 0.326 e. The van der Waals surface area contributed by atoms with Crippen molar-refractivity contribution in [3.05, 3.63) is 34.5 Å². The number of sulfone groups is 1. The number of halogens is 1. The van der Waals surface area contributed by atoms with E-state index in [1.807, 2.05) is 0 Å². The molecule has 1 aromatic carbocycles. The van der Waals surface area contributed by atoms with Crippen LogP contribution < -0.4 is 5.73 Å². The van der Waals surface area contributed by atoms with E-state index >= 15 is 0 Å². The van der Waals surface area contributed by atoms with Crippen LogP contribution in [0.25, 0.3) is 6.08 Å². The van der Waals surface area contributed by atoms with Crippen molar-refractivity contribution in [2.24, 2.45) is 5.73 Å². The monoisotopic (exact) mass is 213 g/mol. The van der Waals surface area contributed by atoms with Crippen LogP contribution in [0.15, 0.2) is 28.0 Å². The van der Waals surface area contributed by atoms with E-state index < -0.39 is 15.7 Å². The van der Waals surface area contributed by atoms with Gasteiger partial charge in [-0.25, -0.2) is 12.8 Å². The van der Waals surface area contributed by atoms with Gasteiger partial charge in [0.25, 0.3) is 0 Å². The minimum absolute atomic E-state index is 0.0672. The molecule has 0 atom stereocenters. The summed E-state index contributed by atoms with van der Waals surface area (Å²) in [7, 11) is -3.67. The standard InChI is InChI=1S/C9H8FNO2S/c10-8-3-1-2-6-4-7(5-11)14(12,13)9(6)8/h1-4H,5,11H2. The lowest BCUT2D eigenvalue weighted by atomic mass is 10.2. The van der Waals surface area contributed by atoms with Crippen molar-refractivity contribution < 1.29 is 12.8 Å². The number of benzene rings is 1. The minimum Gasteiger partial charge on any atom is -0.326 e. The highest BCUT2D eigenvalue weighted by molar-refractivity contribution is 7.95. The van der Waals surface area contributed by atoms with Crippen molar-refractivity contribution in [2.75, 3.05) is 6.54 Å². The smallest absolute Gasteiger partial charge is 0.207 e. The molecule has 1 aromatic rings. The molecule has 2 N–H and O–H groups in total. The van der Waals surface area contributed by atoms with Gasteiger partial charge in [-0.15, -0.1) is 0 Å². The van der Waals surface area contributed by atoms with Crippen molar-refractivity contribution in [2.45, 2.75) is 4.90 Å². The molecule has 0 aromatic heterocycles. The lowest BCUT2D eigenvalue weighted by molar-refractivity contribution is 0.572. The van der Waals surface area contributed by atoms with Crippen LogP contribution >= 0.6 is 0 Å². The van der Waals surface area contributed by atoms with Crippen molar-refractivity contribution in [1.29, 1.82) is 0 Å². The van der Waals surface area contributed by atoms with Gasteiger partial charge in [0.1, 0.15) is 10.7 Å². The first-order chi connectivity index (χ1) is 6.57. The first-order valence-electron chi connectivity index (χ1n) is 4.01. The summed E-state index contributed by atoms with van der Waals surface area (Å²) in [6.45, 7) is -0.101. The highest BCUT2D eigenvalue weighted by Crippen LogP contribution is 2.33. The summed E-state index contributed by atoms with van der Waals surface area (Å²) in [6, 6.07) is 4.15. The molecule has 1 aliphatic heterocycles. The summed E-state index contributed by atoms with van der Waals surface area (Å²) < 4.78 is 36.5. The second-order valence-electron chi connectivity index (χ2n) is 2.98. The molecule has 0 spiro atoms. The molecular weight excluding hydrogens is 205 g/mol. The average Bonchev–Trinajstić information content (AvgIpc) is 2.38. The van der Waals surface area contributed by atoms with Crippen LogP contribution in [0, 0.1) is 5.82 Å². The quantitative estimate of drug-likeness (QED) is 0.754. The van der Waals surface area contributed by atoms with Gasteiger partial charge >= 0.3 is 0 Å². The molecule has 0 unspecified atom stereocenters. The molecule has 74 valence electrons. The number of rotatable bonds is 1. The Morgan fingerprint density at radius 3 is 2.64 bits per heavy atom. The summed E-state index contributed by atoms with van der Waals surface area (Å²) in [4.78, 5) is -0.182. The molecule has 2 rings (SSSR count). The molecule has 0 saturated carbocycles. The fraction of sp³-hybridized carbons (Fsp3) is 0.111. The lowest BCUT2D eigenvalue weighted by Gasteiger charge is -2.01. The Morgan fingerprint density at radius 2 is 2.07 bits per heavy atom. The third kappa shape index (κ3) is 1.09. The molecular formula is C9H8FNO2S. The maximum atomic E-state index is 13.2. The molecule has 0 saturated heterocycles. The van der Waals surface area contributed by atoms with Gasteiger partial charge in [0, 0.05) is 6.54 Å². The maximum absolute atomic E-state index is 13.2. The zero-order valence-electron chi connectivity index (χ0n) is 7.20. The van der Waals surface area contributed by atoms with Gasteiger partial charge in [0.05, 0.1) is 4.91 Å². The number of nitrogens with two attached hydrogens (primary N) is 1. The molecule has 1 heterocycles. The molecule has 1 aliphatic rings. The van der Waals surface area contributed by atoms with E-state index in [1.165, 1.54) is 12.1 Å². The predicted octanol–water partition coefficient (Wildman–Crippen LogP) is 0.913. The van der Waals surface area contributed by atoms with Crippen molar-refractivity contribution in [3.8, 4) is 0 Å². The Hall–Kier alpha value is -1.20. The van der Waals surface area contributed by atoms with Gasteiger partial charge in [-0.05, 0) is 17.7 Å². The van der Waals surface area contributed by atoms with Crippen LogP contribution in [0.5, 0.6) is 0 Å². The summed E-state index contributed by atoms with van der Waals surface area (Å²) in [5.41, 5.74) is 5.65. The lowest BCUT2D eigenvalue weighted by Crippen LogP contribution is -2.11. The van der Waals surface area contributed by atoms with Gasteiger partial charge in [-0.2, -0.15) is 0 Å². The maximum Gasteiger partial charge on any atom is 0.207 e. The van der Waals surface area contributed by atoms with E-state index in [4.69, 9.17) is 5.73 Å². The van der Waals surface area contributed by atoms with Crippen molar-refractivity contribution in [1.82, 2.24) is 0 Å². The fourth-order valence-corrected chi connectivity index (χ4v) is 3.00. The number of hydrogen-bond donors (Lipinski definition) is 1. The third-order valence-electron chi connectivity index (χ3n) is 2.13. The van der Waals surface area contributed by atoms with Crippen LogP contribution in [0.4, 0.5) is 4.39 Å². The summed E-state index contributed by atoms with van der Waals surface area (Å²) in [5, 5.41) is 0. The zero-order valence-corrected chi connectivity index (χ0v) is 8.01. The van der Waals surface area contributed by atoms with Crippen LogP contribution in [0.1, 0.15) is 5.56 Å². The molecule has 0 aliphatic carbocycles. The fourth-order valence-electron chi connectivity index (χ4n) is 1.47. The van der Waals surface area contributed by atoms with Crippen LogP contribution in [0.2, 0.25) is 0 Å². The number of hydrogen-bond acceptors (Lipinski definition) is 3. The third-order valence-corrected chi connectivity index (χ3v) is 4.07. The van der Waals surface area contributed by atoms with Crippen LogP contribution in [0.3, 0.4) is 0 Å². The summed E-state index contributed by atoms with van der Waals surface area (Å²) in [5.74, 6) is -0.720. The molecule has 0 amide bonds. The van der Waals surface area contributed by atoms with Gasteiger partial charge in [0.15, 0.2) is 0 Å². The van der Waals surface area contributed by atoms with Gasteiger partial charge in [0.2, 0.25) is 9.84 Å². The molecule has 5 heteroatoms. The van der Waals surface area contributed by atoms with E-state index in [2.05, 4.69) is 0 Å². The molecule has 14 heavy (non-hydrogen) atoms. The van der Waals surface area contributed by atoms with E-state index in [0.717, 1.165) is 6.07 Å². The molecule has 0 bridgehead atoms. The second kappa shape index (κ2) is 2.90. The Labute approximate surface area is 81.0 Å². The molecule has 0 fully saturated rings. The Morgan fingerprint density at radius 1 is 1.36 bits per heavy atom. The van der Waals surface area contributed by atoms with E-state index in [1.54, 1.807) is 6.07 Å². The van der Waals surface area contributed by atoms with Crippen molar-refractivity contribution in [3.63, 3.8) is 0 Å². The molecule has 3 nitrogen and oxygen atoms in total. The van der Waals surface area contributed by atoms with Crippen LogP contribution in [-0.4, -0.2) is 15.0 Å². The molecule has 0 radical (unpaired) electrons. The Balaban J connectivity index is 2.78. The SMILES string of the molecule is NCC1=Cc2cccc(F)c2S1(=O)=O. The zero-order chi connectivity index (χ0) is 10.3. The topological polar surface area (TPSA) is 60.2 Å². The summed E-state index contributed by atoms with van der Waals surface area (Å²) >= 11 is 0. The van der Waals surface area contributed by atoms with Gasteiger partial charge < -0.3 is 5.73 Å². The Bertz CT molecular complexity index is 520. The minimum atomic E-state index is -3.67. The number of fused-ring (bicyclic) bond motifs is 1. The van der Waals surface area contributed by atoms with Gasteiger partial charge in [-0.3, -0.25) is 0 Å². The average molecular weight is 213 g/mol. The van der Waals surface area contributed by atoms with Gasteiger partial charge in [-0.1, -0.05) is 12.1 Å². The highest BCUT2D eigenvalue weighted by atomic mass is 32.2. The first-order valence-corrected chi connectivity index (χ1v) is 5.50. The normalized spacial score (nSPS) is 17.7. The Kier molecular flexibility index (Phi) is 1.94. The predicted molar refractivity (Wildman–Crippen MR) is 50.6 cm³/mol. The second-order valence-corrected chi connectivity index (χ2v) is 4.92. The van der Waals surface area contributed by atoms with Crippen molar-refractivity contribution >= 4 is 15.9 Å². The van der Waals surface area contributed by atoms with E-state index in [9.17, 15) is 12.8 Å². The summed E-state index contributed by atoms with van der Waals surface area (Å²) in [6.07, 6.45) is 1.41. The van der Waals surface area contributed by atoms with Crippen LogP contribution in [-0.2, 0) is 9.84 Å². The highest BCUT2D eigenvalue weighted by Gasteiger charge is 2.31. The van der Waals surface area contributed by atoms with E-state index in [-0.39, 0.29) is 16.3 Å².